The fourth-order valence-electron chi connectivity index (χ4n) is 2.70. The summed E-state index contributed by atoms with van der Waals surface area (Å²) >= 11 is 0. The molecule has 0 atom stereocenters. The average molecular weight is 253 g/mol. The van der Waals surface area contributed by atoms with E-state index in [0.717, 1.165) is 11.3 Å². The molecule has 0 aliphatic heterocycles. The molecule has 0 aromatic heterocycles. The molecule has 2 heteroatoms. The van der Waals surface area contributed by atoms with Gasteiger partial charge < -0.3 is 10.5 Å². The van der Waals surface area contributed by atoms with Crippen LogP contribution in [0.1, 0.15) is 28.7 Å². The van der Waals surface area contributed by atoms with Gasteiger partial charge in [0, 0.05) is 6.54 Å². The molecule has 2 aromatic rings. The number of rotatable bonds is 4. The molecule has 0 saturated carbocycles. The molecule has 98 valence electrons. The van der Waals surface area contributed by atoms with E-state index in [2.05, 4.69) is 30.3 Å². The monoisotopic (exact) mass is 253 g/mol. The van der Waals surface area contributed by atoms with Crippen LogP contribution in [0.2, 0.25) is 0 Å². The van der Waals surface area contributed by atoms with E-state index < -0.39 is 0 Å². The van der Waals surface area contributed by atoms with E-state index in [0.29, 0.717) is 13.2 Å². The molecule has 3 rings (SSSR count). The van der Waals surface area contributed by atoms with Gasteiger partial charge in [0.1, 0.15) is 12.4 Å². The van der Waals surface area contributed by atoms with E-state index >= 15 is 0 Å². The number of hydrogen-bond acceptors (Lipinski definition) is 2. The lowest BCUT2D eigenvalue weighted by Gasteiger charge is -2.11. The molecule has 0 saturated heterocycles. The topological polar surface area (TPSA) is 35.2 Å². The van der Waals surface area contributed by atoms with Crippen LogP contribution in [0.15, 0.2) is 42.5 Å². The SMILES string of the molecule is NCc1ccccc1COc1ccc2c(c1)CCC2. The van der Waals surface area contributed by atoms with E-state index in [4.69, 9.17) is 10.5 Å². The van der Waals surface area contributed by atoms with Gasteiger partial charge >= 0.3 is 0 Å². The lowest BCUT2D eigenvalue weighted by Crippen LogP contribution is -2.04. The number of aryl methyl sites for hydroxylation is 2. The van der Waals surface area contributed by atoms with Gasteiger partial charge in [-0.2, -0.15) is 0 Å². The summed E-state index contributed by atoms with van der Waals surface area (Å²) < 4.78 is 5.90. The van der Waals surface area contributed by atoms with Gasteiger partial charge in [-0.15, -0.1) is 0 Å². The Bertz CT molecular complexity index is 577. The highest BCUT2D eigenvalue weighted by molar-refractivity contribution is 5.38. The van der Waals surface area contributed by atoms with Crippen LogP contribution in [0.25, 0.3) is 0 Å². The second-order valence-corrected chi connectivity index (χ2v) is 5.05. The minimum absolute atomic E-state index is 0.559. The molecule has 19 heavy (non-hydrogen) atoms. The highest BCUT2D eigenvalue weighted by Crippen LogP contribution is 2.26. The van der Waals surface area contributed by atoms with Crippen LogP contribution in [-0.2, 0) is 26.0 Å². The lowest BCUT2D eigenvalue weighted by molar-refractivity contribution is 0.304. The van der Waals surface area contributed by atoms with Gasteiger partial charge in [-0.1, -0.05) is 30.3 Å². The molecule has 2 N–H and O–H groups in total. The second-order valence-electron chi connectivity index (χ2n) is 5.05. The predicted octanol–water partition coefficient (Wildman–Crippen LogP) is 3.21. The molecule has 1 aliphatic carbocycles. The van der Waals surface area contributed by atoms with Crippen molar-refractivity contribution in [2.75, 3.05) is 0 Å². The molecular weight excluding hydrogens is 234 g/mol. The molecule has 0 spiro atoms. The quantitative estimate of drug-likeness (QED) is 0.908. The summed E-state index contributed by atoms with van der Waals surface area (Å²) in [6.45, 7) is 1.15. The Kier molecular flexibility index (Phi) is 3.51. The van der Waals surface area contributed by atoms with E-state index in [1.165, 1.54) is 36.0 Å². The minimum Gasteiger partial charge on any atom is -0.489 e. The fourth-order valence-corrected chi connectivity index (χ4v) is 2.70. The smallest absolute Gasteiger partial charge is 0.120 e. The molecule has 0 radical (unpaired) electrons. The van der Waals surface area contributed by atoms with E-state index in [1.807, 2.05) is 12.1 Å². The van der Waals surface area contributed by atoms with Crippen LogP contribution in [0.5, 0.6) is 5.75 Å². The summed E-state index contributed by atoms with van der Waals surface area (Å²) in [5.74, 6) is 0.965. The maximum Gasteiger partial charge on any atom is 0.120 e. The third kappa shape index (κ3) is 2.64. The zero-order valence-corrected chi connectivity index (χ0v) is 11.1. The third-order valence-corrected chi connectivity index (χ3v) is 3.80. The Hall–Kier alpha value is -1.80. The fraction of sp³-hybridized carbons (Fsp3) is 0.294. The maximum absolute atomic E-state index is 5.90. The van der Waals surface area contributed by atoms with Gasteiger partial charge in [0.15, 0.2) is 0 Å². The van der Waals surface area contributed by atoms with Crippen LogP contribution in [0.3, 0.4) is 0 Å². The van der Waals surface area contributed by atoms with Gasteiger partial charge in [0.2, 0.25) is 0 Å². The Morgan fingerprint density at radius 1 is 0.947 bits per heavy atom. The molecule has 0 amide bonds. The molecule has 2 nitrogen and oxygen atoms in total. The summed E-state index contributed by atoms with van der Waals surface area (Å²) in [5.41, 5.74) is 11.0. The van der Waals surface area contributed by atoms with E-state index in [9.17, 15) is 0 Å². The Morgan fingerprint density at radius 3 is 2.58 bits per heavy atom. The minimum atomic E-state index is 0.559. The molecule has 2 aromatic carbocycles. The van der Waals surface area contributed by atoms with E-state index in [1.54, 1.807) is 0 Å². The van der Waals surface area contributed by atoms with E-state index in [-0.39, 0.29) is 0 Å². The van der Waals surface area contributed by atoms with Crippen molar-refractivity contribution in [3.63, 3.8) is 0 Å². The first kappa shape index (κ1) is 12.2. The molecule has 0 heterocycles. The maximum atomic E-state index is 5.90. The molecule has 1 aliphatic rings. The number of ether oxygens (including phenoxy) is 1. The lowest BCUT2D eigenvalue weighted by atomic mass is 10.1. The Morgan fingerprint density at radius 2 is 1.74 bits per heavy atom. The van der Waals surface area contributed by atoms with Crippen molar-refractivity contribution < 1.29 is 4.74 Å². The van der Waals surface area contributed by atoms with Crippen LogP contribution in [0, 0.1) is 0 Å². The normalized spacial score (nSPS) is 13.3. The van der Waals surface area contributed by atoms with Crippen molar-refractivity contribution in [2.24, 2.45) is 5.73 Å². The number of nitrogens with two attached hydrogens (primary N) is 1. The van der Waals surface area contributed by atoms with Crippen molar-refractivity contribution in [2.45, 2.75) is 32.4 Å². The summed E-state index contributed by atoms with van der Waals surface area (Å²) in [4.78, 5) is 0. The number of hydrogen-bond donors (Lipinski definition) is 1. The van der Waals surface area contributed by atoms with Gasteiger partial charge in [-0.3, -0.25) is 0 Å². The third-order valence-electron chi connectivity index (χ3n) is 3.80. The average Bonchev–Trinajstić information content (AvgIpc) is 2.93. The van der Waals surface area contributed by atoms with Crippen molar-refractivity contribution in [1.29, 1.82) is 0 Å². The summed E-state index contributed by atoms with van der Waals surface area (Å²) in [6.07, 6.45) is 3.67. The standard InChI is InChI=1S/C17H19NO/c18-11-15-4-1-2-5-16(15)12-19-17-9-8-13-6-3-7-14(13)10-17/h1-2,4-5,8-10H,3,6-7,11-12,18H2. The number of fused-ring (bicyclic) bond motifs is 1. The predicted molar refractivity (Wildman–Crippen MR) is 77.1 cm³/mol. The second kappa shape index (κ2) is 5.45. The zero-order chi connectivity index (χ0) is 13.1. The van der Waals surface area contributed by atoms with Crippen molar-refractivity contribution in [3.05, 3.63) is 64.7 Å². The summed E-state index contributed by atoms with van der Waals surface area (Å²) in [6, 6.07) is 14.6. The zero-order valence-electron chi connectivity index (χ0n) is 11.1. The van der Waals surface area contributed by atoms with Crippen molar-refractivity contribution in [1.82, 2.24) is 0 Å². The Labute approximate surface area is 114 Å². The van der Waals surface area contributed by atoms with Crippen molar-refractivity contribution in [3.8, 4) is 5.75 Å². The van der Waals surface area contributed by atoms with Gasteiger partial charge in [0.25, 0.3) is 0 Å². The van der Waals surface area contributed by atoms with Crippen molar-refractivity contribution >= 4 is 0 Å². The van der Waals surface area contributed by atoms with Crippen LogP contribution in [-0.4, -0.2) is 0 Å². The highest BCUT2D eigenvalue weighted by atomic mass is 16.5. The highest BCUT2D eigenvalue weighted by Gasteiger charge is 2.11. The van der Waals surface area contributed by atoms with Crippen LogP contribution < -0.4 is 10.5 Å². The molecule has 0 fully saturated rings. The summed E-state index contributed by atoms with van der Waals surface area (Å²) in [5, 5.41) is 0. The first-order valence-corrected chi connectivity index (χ1v) is 6.88. The molecular formula is C17H19NO. The van der Waals surface area contributed by atoms with Gasteiger partial charge in [-0.05, 0) is 53.6 Å². The largest absolute Gasteiger partial charge is 0.489 e. The molecule has 0 unspecified atom stereocenters. The van der Waals surface area contributed by atoms with Crippen LogP contribution >= 0.6 is 0 Å². The van der Waals surface area contributed by atoms with Gasteiger partial charge in [-0.25, -0.2) is 0 Å². The van der Waals surface area contributed by atoms with Gasteiger partial charge in [0.05, 0.1) is 0 Å². The first-order chi connectivity index (χ1) is 9.36. The van der Waals surface area contributed by atoms with Crippen LogP contribution in [0.4, 0.5) is 0 Å². The number of benzene rings is 2. The summed E-state index contributed by atoms with van der Waals surface area (Å²) in [7, 11) is 0. The first-order valence-electron chi connectivity index (χ1n) is 6.88. The Balaban J connectivity index is 1.72. The molecule has 0 bridgehead atoms.